The van der Waals surface area contributed by atoms with E-state index in [1.165, 1.54) is 17.5 Å². The van der Waals surface area contributed by atoms with E-state index in [-0.39, 0.29) is 17.4 Å². The van der Waals surface area contributed by atoms with Gasteiger partial charge in [-0.3, -0.25) is 5.10 Å². The second kappa shape index (κ2) is 4.63. The molecule has 1 N–H and O–H groups in total. The second-order valence-electron chi connectivity index (χ2n) is 3.59. The summed E-state index contributed by atoms with van der Waals surface area (Å²) in [6.45, 7) is 3.33. The van der Waals surface area contributed by atoms with Gasteiger partial charge in [0.2, 0.25) is 10.0 Å². The molecule has 88 valence electrons. The third kappa shape index (κ3) is 2.23. The van der Waals surface area contributed by atoms with E-state index in [1.807, 2.05) is 6.07 Å². The molecular formula is C9H14N4O2S. The van der Waals surface area contributed by atoms with Gasteiger partial charge in [-0.05, 0) is 13.8 Å². The van der Waals surface area contributed by atoms with Crippen LogP contribution in [0.5, 0.6) is 0 Å². The number of aromatic nitrogens is 2. The Hall–Kier alpha value is -1.39. The third-order valence-electron chi connectivity index (χ3n) is 2.45. The number of rotatable bonds is 4. The normalized spacial score (nSPS) is 13.7. The van der Waals surface area contributed by atoms with Crippen molar-refractivity contribution in [3.05, 3.63) is 11.9 Å². The highest BCUT2D eigenvalue weighted by Crippen LogP contribution is 2.19. The Labute approximate surface area is 94.9 Å². The van der Waals surface area contributed by atoms with Crippen molar-refractivity contribution in [2.24, 2.45) is 0 Å². The quantitative estimate of drug-likeness (QED) is 0.839. The van der Waals surface area contributed by atoms with Crippen molar-refractivity contribution in [3.8, 4) is 6.07 Å². The highest BCUT2D eigenvalue weighted by atomic mass is 32.2. The molecule has 0 aliphatic carbocycles. The lowest BCUT2D eigenvalue weighted by molar-refractivity contribution is 0.393. The van der Waals surface area contributed by atoms with Gasteiger partial charge in [0, 0.05) is 13.1 Å². The molecule has 0 radical (unpaired) electrons. The van der Waals surface area contributed by atoms with Crippen LogP contribution in [0.15, 0.2) is 11.1 Å². The minimum absolute atomic E-state index is 0.153. The molecule has 0 aromatic carbocycles. The number of nitriles is 1. The monoisotopic (exact) mass is 242 g/mol. The van der Waals surface area contributed by atoms with Crippen LogP contribution >= 0.6 is 0 Å². The lowest BCUT2D eigenvalue weighted by Crippen LogP contribution is -2.35. The Balaban J connectivity index is 3.05. The zero-order chi connectivity index (χ0) is 12.3. The number of nitrogens with zero attached hydrogens (tertiary/aromatic N) is 3. The van der Waals surface area contributed by atoms with Gasteiger partial charge in [-0.2, -0.15) is 14.7 Å². The molecule has 0 amide bonds. The number of hydrogen-bond acceptors (Lipinski definition) is 4. The maximum atomic E-state index is 12.1. The van der Waals surface area contributed by atoms with Gasteiger partial charge >= 0.3 is 0 Å². The molecule has 0 spiro atoms. The van der Waals surface area contributed by atoms with Crippen LogP contribution in [-0.2, 0) is 10.0 Å². The van der Waals surface area contributed by atoms with E-state index in [1.54, 1.807) is 13.8 Å². The third-order valence-corrected chi connectivity index (χ3v) is 4.53. The van der Waals surface area contributed by atoms with Crippen molar-refractivity contribution in [3.63, 3.8) is 0 Å². The summed E-state index contributed by atoms with van der Waals surface area (Å²) in [7, 11) is -2.10. The Morgan fingerprint density at radius 3 is 2.75 bits per heavy atom. The summed E-state index contributed by atoms with van der Waals surface area (Å²) in [5, 5.41) is 14.8. The van der Waals surface area contributed by atoms with E-state index in [9.17, 15) is 8.42 Å². The zero-order valence-corrected chi connectivity index (χ0v) is 10.2. The zero-order valence-electron chi connectivity index (χ0n) is 9.43. The summed E-state index contributed by atoms with van der Waals surface area (Å²) in [4.78, 5) is 0.153. The number of sulfonamides is 1. The van der Waals surface area contributed by atoms with Gasteiger partial charge in [0.05, 0.1) is 24.4 Å². The van der Waals surface area contributed by atoms with E-state index in [4.69, 9.17) is 5.26 Å². The highest BCUT2D eigenvalue weighted by molar-refractivity contribution is 7.89. The molecule has 16 heavy (non-hydrogen) atoms. The second-order valence-corrected chi connectivity index (χ2v) is 5.56. The number of aromatic amines is 1. The van der Waals surface area contributed by atoms with Crippen LogP contribution in [-0.4, -0.2) is 36.0 Å². The lowest BCUT2D eigenvalue weighted by atomic mass is 10.3. The van der Waals surface area contributed by atoms with Crippen molar-refractivity contribution in [1.29, 1.82) is 5.26 Å². The first-order valence-electron chi connectivity index (χ1n) is 4.76. The van der Waals surface area contributed by atoms with Gasteiger partial charge < -0.3 is 0 Å². The maximum absolute atomic E-state index is 12.1. The summed E-state index contributed by atoms with van der Waals surface area (Å²) in [5.74, 6) is 0. The Morgan fingerprint density at radius 2 is 2.31 bits per heavy atom. The fourth-order valence-electron chi connectivity index (χ4n) is 1.25. The minimum atomic E-state index is -3.56. The smallest absolute Gasteiger partial charge is 0.246 e. The molecule has 1 unspecified atom stereocenters. The largest absolute Gasteiger partial charge is 0.281 e. The fraction of sp³-hybridized carbons (Fsp3) is 0.556. The Bertz CT molecular complexity index is 500. The first kappa shape index (κ1) is 12.7. The summed E-state index contributed by atoms with van der Waals surface area (Å²) in [6.07, 6.45) is 1.44. The number of nitrogens with one attached hydrogen (secondary N) is 1. The molecule has 1 rings (SSSR count). The van der Waals surface area contributed by atoms with Crippen molar-refractivity contribution < 1.29 is 8.42 Å². The van der Waals surface area contributed by atoms with Crippen molar-refractivity contribution in [1.82, 2.24) is 14.5 Å². The first-order chi connectivity index (χ1) is 7.41. The molecule has 0 aliphatic rings. The van der Waals surface area contributed by atoms with Crippen LogP contribution in [0.2, 0.25) is 0 Å². The van der Waals surface area contributed by atoms with Crippen LogP contribution in [0.25, 0.3) is 0 Å². The number of aryl methyl sites for hydroxylation is 1. The average Bonchev–Trinajstić information content (AvgIpc) is 2.64. The van der Waals surface area contributed by atoms with E-state index in [0.717, 1.165) is 0 Å². The summed E-state index contributed by atoms with van der Waals surface area (Å²) in [6, 6.07) is 1.59. The van der Waals surface area contributed by atoms with Gasteiger partial charge in [-0.15, -0.1) is 0 Å². The molecule has 0 saturated carbocycles. The van der Waals surface area contributed by atoms with E-state index in [0.29, 0.717) is 5.69 Å². The maximum Gasteiger partial charge on any atom is 0.246 e. The van der Waals surface area contributed by atoms with E-state index in [2.05, 4.69) is 10.2 Å². The Morgan fingerprint density at radius 1 is 1.69 bits per heavy atom. The highest BCUT2D eigenvalue weighted by Gasteiger charge is 2.27. The van der Waals surface area contributed by atoms with Gasteiger partial charge in [0.25, 0.3) is 0 Å². The van der Waals surface area contributed by atoms with Gasteiger partial charge in [-0.25, -0.2) is 8.42 Å². The molecule has 0 bridgehead atoms. The molecule has 6 nitrogen and oxygen atoms in total. The summed E-state index contributed by atoms with van der Waals surface area (Å²) in [5.41, 5.74) is 0.496. The average molecular weight is 242 g/mol. The first-order valence-corrected chi connectivity index (χ1v) is 6.20. The summed E-state index contributed by atoms with van der Waals surface area (Å²) >= 11 is 0. The standard InChI is InChI=1S/C9H14N4O2S/c1-7(4-5-10)13(3)16(14,15)9-6-11-12-8(9)2/h6-7H,4H2,1-3H3,(H,11,12). The van der Waals surface area contributed by atoms with E-state index >= 15 is 0 Å². The van der Waals surface area contributed by atoms with Crippen molar-refractivity contribution in [2.45, 2.75) is 31.2 Å². The molecule has 1 atom stereocenters. The molecule has 1 heterocycles. The molecule has 1 aromatic heterocycles. The SMILES string of the molecule is Cc1[nH]ncc1S(=O)(=O)N(C)C(C)CC#N. The molecule has 7 heteroatoms. The van der Waals surface area contributed by atoms with Crippen molar-refractivity contribution >= 4 is 10.0 Å². The topological polar surface area (TPSA) is 89.8 Å². The number of H-pyrrole nitrogens is 1. The van der Waals surface area contributed by atoms with Crippen LogP contribution in [0.3, 0.4) is 0 Å². The van der Waals surface area contributed by atoms with Crippen molar-refractivity contribution in [2.75, 3.05) is 7.05 Å². The van der Waals surface area contributed by atoms with Gasteiger partial charge in [0.15, 0.2) is 0 Å². The Kier molecular flexibility index (Phi) is 3.67. The van der Waals surface area contributed by atoms with Crippen LogP contribution in [0.1, 0.15) is 19.0 Å². The van der Waals surface area contributed by atoms with Crippen LogP contribution in [0, 0.1) is 18.3 Å². The van der Waals surface area contributed by atoms with E-state index < -0.39 is 10.0 Å². The molecule has 1 aromatic rings. The molecule has 0 fully saturated rings. The summed E-state index contributed by atoms with van der Waals surface area (Å²) < 4.78 is 25.4. The predicted molar refractivity (Wildman–Crippen MR) is 58.0 cm³/mol. The number of hydrogen-bond donors (Lipinski definition) is 1. The molecule has 0 aliphatic heterocycles. The lowest BCUT2D eigenvalue weighted by Gasteiger charge is -2.21. The predicted octanol–water partition coefficient (Wildman–Crippen LogP) is 0.641. The molecule has 0 saturated heterocycles. The van der Waals surface area contributed by atoms with Crippen LogP contribution in [0.4, 0.5) is 0 Å². The van der Waals surface area contributed by atoms with Gasteiger partial charge in [0.1, 0.15) is 4.90 Å². The van der Waals surface area contributed by atoms with Gasteiger partial charge in [-0.1, -0.05) is 0 Å². The van der Waals surface area contributed by atoms with Crippen LogP contribution < -0.4 is 0 Å². The minimum Gasteiger partial charge on any atom is -0.281 e. The fourth-order valence-corrected chi connectivity index (χ4v) is 2.73. The molecular weight excluding hydrogens is 228 g/mol.